The maximum atomic E-state index is 12.9. The molecule has 1 saturated carbocycles. The van der Waals surface area contributed by atoms with Crippen LogP contribution in [0.3, 0.4) is 0 Å². The second-order valence-electron chi connectivity index (χ2n) is 11.5. The molecule has 2 amide bonds. The molecule has 0 aromatic carbocycles. The number of carbonyl (C=O) groups is 3. The molecule has 37 heavy (non-hydrogen) atoms. The predicted molar refractivity (Wildman–Crippen MR) is 136 cm³/mol. The largest absolute Gasteiger partial charge is 0.468 e. The zero-order valence-corrected chi connectivity index (χ0v) is 23.0. The van der Waals surface area contributed by atoms with E-state index in [1.54, 1.807) is 58.6 Å². The van der Waals surface area contributed by atoms with Crippen LogP contribution in [-0.2, 0) is 24.4 Å². The fourth-order valence-electron chi connectivity index (χ4n) is 4.26. The summed E-state index contributed by atoms with van der Waals surface area (Å²) in [4.78, 5) is 48.3. The molecule has 0 radical (unpaired) electrons. The Morgan fingerprint density at radius 3 is 2.24 bits per heavy atom. The quantitative estimate of drug-likeness (QED) is 0.376. The van der Waals surface area contributed by atoms with Crippen LogP contribution in [0.2, 0.25) is 0 Å². The van der Waals surface area contributed by atoms with Crippen molar-refractivity contribution in [2.45, 2.75) is 84.3 Å². The van der Waals surface area contributed by atoms with Crippen LogP contribution < -0.4 is 0 Å². The molecule has 1 aliphatic carbocycles. The van der Waals surface area contributed by atoms with Gasteiger partial charge < -0.3 is 14.2 Å². The number of rotatable bonds is 7. The summed E-state index contributed by atoms with van der Waals surface area (Å²) >= 11 is 0. The van der Waals surface area contributed by atoms with E-state index >= 15 is 0 Å². The molecule has 0 spiro atoms. The summed E-state index contributed by atoms with van der Waals surface area (Å²) in [5, 5.41) is 0. The van der Waals surface area contributed by atoms with Crippen molar-refractivity contribution in [1.29, 1.82) is 0 Å². The second kappa shape index (κ2) is 10.5. The Bertz CT molecular complexity index is 1120. The number of pyridine rings is 1. The van der Waals surface area contributed by atoms with Crippen LogP contribution in [0, 0.1) is 12.8 Å². The maximum absolute atomic E-state index is 12.9. The SMILES string of the molecule is COC(=O)C1(c2cn(-c3cc(C)ccn3)cn2)CC1CCCN(C(=O)OC(C)(C)C)C(=O)OC(C)(C)C. The Balaban J connectivity index is 1.72. The minimum atomic E-state index is -0.869. The van der Waals surface area contributed by atoms with E-state index in [1.807, 2.05) is 25.3 Å². The smallest absolute Gasteiger partial charge is 0.419 e. The number of imidazole rings is 1. The number of aromatic nitrogens is 3. The van der Waals surface area contributed by atoms with E-state index in [0.717, 1.165) is 10.5 Å². The number of hydrogen-bond donors (Lipinski definition) is 0. The van der Waals surface area contributed by atoms with Gasteiger partial charge in [-0.3, -0.25) is 9.36 Å². The first-order valence-electron chi connectivity index (χ1n) is 12.5. The van der Waals surface area contributed by atoms with Crippen molar-refractivity contribution >= 4 is 18.2 Å². The zero-order chi connectivity index (χ0) is 27.6. The van der Waals surface area contributed by atoms with Crippen LogP contribution in [0.4, 0.5) is 9.59 Å². The average Bonchev–Trinajstić information content (AvgIpc) is 3.28. The molecule has 0 bridgehead atoms. The Labute approximate surface area is 218 Å². The van der Waals surface area contributed by atoms with Crippen molar-refractivity contribution in [2.24, 2.45) is 5.92 Å². The van der Waals surface area contributed by atoms with Crippen molar-refractivity contribution in [3.63, 3.8) is 0 Å². The van der Waals surface area contributed by atoms with Crippen LogP contribution in [-0.4, -0.2) is 62.4 Å². The van der Waals surface area contributed by atoms with Gasteiger partial charge in [-0.15, -0.1) is 0 Å². The molecule has 0 aliphatic heterocycles. The van der Waals surface area contributed by atoms with E-state index in [1.165, 1.54) is 7.11 Å². The molecule has 10 heteroatoms. The molecule has 3 rings (SSSR count). The molecule has 1 fully saturated rings. The third-order valence-electron chi connectivity index (χ3n) is 6.02. The van der Waals surface area contributed by atoms with Crippen LogP contribution >= 0.6 is 0 Å². The summed E-state index contributed by atoms with van der Waals surface area (Å²) in [6.07, 6.45) is 5.26. The van der Waals surface area contributed by atoms with E-state index in [0.29, 0.717) is 30.8 Å². The van der Waals surface area contributed by atoms with Crippen molar-refractivity contribution in [1.82, 2.24) is 19.4 Å². The summed E-state index contributed by atoms with van der Waals surface area (Å²) < 4.78 is 17.8. The molecule has 0 saturated heterocycles. The first-order valence-corrected chi connectivity index (χ1v) is 12.5. The Kier molecular flexibility index (Phi) is 8.00. The van der Waals surface area contributed by atoms with Gasteiger partial charge >= 0.3 is 18.2 Å². The summed E-state index contributed by atoms with van der Waals surface area (Å²) in [6, 6.07) is 3.84. The first kappa shape index (κ1) is 28.1. The molecular formula is C27H38N4O6. The van der Waals surface area contributed by atoms with Gasteiger partial charge in [0.25, 0.3) is 0 Å². The predicted octanol–water partition coefficient (Wildman–Crippen LogP) is 4.96. The standard InChI is InChI=1S/C27H38N4O6/c1-18-11-12-28-21(14-18)30-16-20(29-17-30)27(22(32)35-8)15-19(27)10-9-13-31(23(33)36-25(2,3)4)24(34)37-26(5,6)7/h11-12,14,16-17,19H,9-10,13,15H2,1-8H3. The highest BCUT2D eigenvalue weighted by atomic mass is 16.6. The van der Waals surface area contributed by atoms with Gasteiger partial charge in [0.1, 0.15) is 28.8 Å². The van der Waals surface area contributed by atoms with Crippen LogP contribution in [0.1, 0.15) is 72.1 Å². The summed E-state index contributed by atoms with van der Waals surface area (Å²) in [7, 11) is 1.37. The molecule has 2 aromatic rings. The molecule has 2 heterocycles. The summed E-state index contributed by atoms with van der Waals surface area (Å²) in [5.74, 6) is 0.310. The average molecular weight is 515 g/mol. The number of carbonyl (C=O) groups excluding carboxylic acids is 3. The van der Waals surface area contributed by atoms with Gasteiger partial charge in [-0.1, -0.05) is 0 Å². The van der Waals surface area contributed by atoms with E-state index in [4.69, 9.17) is 14.2 Å². The second-order valence-corrected chi connectivity index (χ2v) is 11.5. The number of hydrogen-bond acceptors (Lipinski definition) is 8. The third kappa shape index (κ3) is 6.87. The number of amides is 2. The minimum absolute atomic E-state index is 0.0482. The fourth-order valence-corrected chi connectivity index (χ4v) is 4.26. The summed E-state index contributed by atoms with van der Waals surface area (Å²) in [6.45, 7) is 12.5. The van der Waals surface area contributed by atoms with Crippen molar-refractivity contribution in [3.05, 3.63) is 42.1 Å². The van der Waals surface area contributed by atoms with Gasteiger partial charge in [0.2, 0.25) is 0 Å². The van der Waals surface area contributed by atoms with Gasteiger partial charge in [0.05, 0.1) is 12.8 Å². The van der Waals surface area contributed by atoms with Crippen LogP contribution in [0.5, 0.6) is 0 Å². The highest BCUT2D eigenvalue weighted by Gasteiger charge is 2.63. The molecule has 2 atom stereocenters. The van der Waals surface area contributed by atoms with Gasteiger partial charge in [-0.25, -0.2) is 24.5 Å². The molecule has 1 aliphatic rings. The molecule has 202 valence electrons. The number of nitrogens with zero attached hydrogens (tertiary/aromatic N) is 4. The lowest BCUT2D eigenvalue weighted by Gasteiger charge is -2.28. The van der Waals surface area contributed by atoms with Crippen molar-refractivity contribution in [3.8, 4) is 5.82 Å². The highest BCUT2D eigenvalue weighted by Crippen LogP contribution is 2.57. The lowest BCUT2D eigenvalue weighted by atomic mass is 9.97. The van der Waals surface area contributed by atoms with E-state index < -0.39 is 28.8 Å². The molecule has 2 aromatic heterocycles. The van der Waals surface area contributed by atoms with Gasteiger partial charge in [-0.2, -0.15) is 0 Å². The first-order chi connectivity index (χ1) is 17.2. The minimum Gasteiger partial charge on any atom is -0.468 e. The Hall–Kier alpha value is -3.43. The van der Waals surface area contributed by atoms with E-state index in [2.05, 4.69) is 9.97 Å². The van der Waals surface area contributed by atoms with E-state index in [9.17, 15) is 14.4 Å². The maximum Gasteiger partial charge on any atom is 0.419 e. The lowest BCUT2D eigenvalue weighted by molar-refractivity contribution is -0.144. The van der Waals surface area contributed by atoms with Gasteiger partial charge in [-0.05, 0) is 91.3 Å². The monoisotopic (exact) mass is 514 g/mol. The topological polar surface area (TPSA) is 113 Å². The normalized spacial score (nSPS) is 19.2. The zero-order valence-electron chi connectivity index (χ0n) is 23.0. The van der Waals surface area contributed by atoms with Gasteiger partial charge in [0.15, 0.2) is 0 Å². The third-order valence-corrected chi connectivity index (χ3v) is 6.02. The van der Waals surface area contributed by atoms with Crippen LogP contribution in [0.15, 0.2) is 30.9 Å². The van der Waals surface area contributed by atoms with Gasteiger partial charge in [0, 0.05) is 18.9 Å². The number of esters is 1. The number of imide groups is 1. The Morgan fingerprint density at radius 2 is 1.70 bits per heavy atom. The Morgan fingerprint density at radius 1 is 1.08 bits per heavy atom. The number of ether oxygens (including phenoxy) is 3. The molecule has 0 N–H and O–H groups in total. The number of aryl methyl sites for hydroxylation is 1. The van der Waals surface area contributed by atoms with Crippen molar-refractivity contribution in [2.75, 3.05) is 13.7 Å². The fraction of sp³-hybridized carbons (Fsp3) is 0.593. The lowest BCUT2D eigenvalue weighted by Crippen LogP contribution is -2.44. The van der Waals surface area contributed by atoms with Crippen molar-refractivity contribution < 1.29 is 28.6 Å². The van der Waals surface area contributed by atoms with Crippen LogP contribution in [0.25, 0.3) is 5.82 Å². The molecular weight excluding hydrogens is 476 g/mol. The number of methoxy groups -OCH3 is 1. The molecule has 10 nitrogen and oxygen atoms in total. The van der Waals surface area contributed by atoms with E-state index in [-0.39, 0.29) is 18.4 Å². The summed E-state index contributed by atoms with van der Waals surface area (Å²) in [5.41, 5.74) is -0.722. The molecule has 2 unspecified atom stereocenters. The highest BCUT2D eigenvalue weighted by molar-refractivity contribution is 5.88.